The van der Waals surface area contributed by atoms with Crippen molar-refractivity contribution in [2.24, 2.45) is 0 Å². The monoisotopic (exact) mass is 231 g/mol. The molecule has 0 saturated carbocycles. The summed E-state index contributed by atoms with van der Waals surface area (Å²) in [5.41, 5.74) is 0.888. The van der Waals surface area contributed by atoms with Crippen LogP contribution < -0.4 is 0 Å². The van der Waals surface area contributed by atoms with Crippen molar-refractivity contribution >= 4 is 11.8 Å². The van der Waals surface area contributed by atoms with Crippen LogP contribution in [0.5, 0.6) is 0 Å². The maximum absolute atomic E-state index is 9.30. The van der Waals surface area contributed by atoms with Gasteiger partial charge in [-0.15, -0.1) is 11.8 Å². The number of hydrogen-bond donors (Lipinski definition) is 1. The number of nitrogens with zero attached hydrogens (tertiary/aromatic N) is 1. The highest BCUT2D eigenvalue weighted by Crippen LogP contribution is 2.20. The molecule has 0 radical (unpaired) electrons. The molecule has 0 aliphatic carbocycles. The number of ether oxygens (including phenoxy) is 1. The van der Waals surface area contributed by atoms with Crippen LogP contribution in [0.2, 0.25) is 0 Å². The van der Waals surface area contributed by atoms with E-state index in [9.17, 15) is 5.11 Å². The van der Waals surface area contributed by atoms with Crippen molar-refractivity contribution in [1.29, 1.82) is 0 Å². The molecule has 0 aliphatic rings. The zero-order valence-corrected chi connectivity index (χ0v) is 10.1. The quantitative estimate of drug-likeness (QED) is 0.809. The zero-order valence-electron chi connectivity index (χ0n) is 9.27. The molecule has 2 unspecified atom stereocenters. The largest absolute Gasteiger partial charge is 0.392 e. The minimum absolute atomic E-state index is 0.201. The Kier molecular flexibility index (Phi) is 5.14. The van der Waals surface area contributed by atoms with Gasteiger partial charge in [-0.05, 0) is 6.92 Å². The number of methoxy groups -OCH3 is 1. The number of aromatic nitrogens is 1. The third-order valence-electron chi connectivity index (χ3n) is 2.07. The molecule has 1 aromatic rings. The van der Waals surface area contributed by atoms with E-state index in [1.807, 2.05) is 13.0 Å². The van der Waals surface area contributed by atoms with Crippen molar-refractivity contribution in [3.63, 3.8) is 0 Å². The second kappa shape index (κ2) is 6.15. The first kappa shape index (κ1) is 12.5. The van der Waals surface area contributed by atoms with Gasteiger partial charge in [0.05, 0.1) is 11.8 Å². The number of aliphatic hydroxyl groups excluding tert-OH is 1. The summed E-state index contributed by atoms with van der Waals surface area (Å²) >= 11 is 1.66. The van der Waals surface area contributed by atoms with E-state index in [0.717, 1.165) is 17.2 Å². The van der Waals surface area contributed by atoms with E-state index in [1.54, 1.807) is 25.8 Å². The Bertz CT molecular complexity index is 288. The maximum atomic E-state index is 9.30. The van der Waals surface area contributed by atoms with Gasteiger partial charge < -0.3 is 14.4 Å². The highest BCUT2D eigenvalue weighted by atomic mass is 32.2. The van der Waals surface area contributed by atoms with E-state index in [1.165, 1.54) is 0 Å². The van der Waals surface area contributed by atoms with Crippen LogP contribution in [0.1, 0.15) is 25.3 Å². The summed E-state index contributed by atoms with van der Waals surface area (Å²) in [6, 6.07) is 1.88. The molecular weight excluding hydrogens is 214 g/mol. The molecule has 0 aliphatic heterocycles. The molecule has 1 N–H and O–H groups in total. The lowest BCUT2D eigenvalue weighted by atomic mass is 10.3. The molecule has 0 amide bonds. The molecule has 1 heterocycles. The molecule has 1 rings (SSSR count). The van der Waals surface area contributed by atoms with Gasteiger partial charge in [0.25, 0.3) is 0 Å². The van der Waals surface area contributed by atoms with Gasteiger partial charge in [0.15, 0.2) is 5.76 Å². The first-order valence-electron chi connectivity index (χ1n) is 4.86. The molecule has 2 atom stereocenters. The van der Waals surface area contributed by atoms with Gasteiger partial charge >= 0.3 is 0 Å². The van der Waals surface area contributed by atoms with Gasteiger partial charge in [-0.1, -0.05) is 12.1 Å². The molecule has 0 saturated heterocycles. The molecule has 0 aromatic carbocycles. The molecule has 15 heavy (non-hydrogen) atoms. The van der Waals surface area contributed by atoms with Gasteiger partial charge in [0, 0.05) is 24.2 Å². The Balaban J connectivity index is 2.37. The molecule has 1 aromatic heterocycles. The van der Waals surface area contributed by atoms with Crippen LogP contribution in [-0.2, 0) is 17.1 Å². The van der Waals surface area contributed by atoms with Crippen molar-refractivity contribution in [2.75, 3.05) is 7.11 Å². The van der Waals surface area contributed by atoms with Gasteiger partial charge in [0.2, 0.25) is 0 Å². The molecular formula is C10H17NO3S. The predicted octanol–water partition coefficient (Wildman–Crippen LogP) is 1.82. The summed E-state index contributed by atoms with van der Waals surface area (Å²) in [7, 11) is 1.62. The first-order valence-corrected chi connectivity index (χ1v) is 5.91. The van der Waals surface area contributed by atoms with Crippen LogP contribution in [0.3, 0.4) is 0 Å². The fourth-order valence-electron chi connectivity index (χ4n) is 0.990. The van der Waals surface area contributed by atoms with Crippen LogP contribution in [-0.4, -0.2) is 28.7 Å². The third-order valence-corrected chi connectivity index (χ3v) is 3.45. The van der Waals surface area contributed by atoms with Gasteiger partial charge in [0.1, 0.15) is 6.61 Å². The zero-order chi connectivity index (χ0) is 11.3. The topological polar surface area (TPSA) is 55.5 Å². The van der Waals surface area contributed by atoms with Crippen LogP contribution in [0.25, 0.3) is 0 Å². The standard InChI is InChI=1S/C10H17NO3S/c1-7(12)8(2)15-6-9-4-10(5-13-3)14-11-9/h4,7-8,12H,5-6H2,1-3H3. The van der Waals surface area contributed by atoms with Crippen molar-refractivity contribution in [2.45, 2.75) is 37.6 Å². The lowest BCUT2D eigenvalue weighted by Gasteiger charge is -2.12. The van der Waals surface area contributed by atoms with Crippen molar-refractivity contribution in [3.8, 4) is 0 Å². The highest BCUT2D eigenvalue weighted by Gasteiger charge is 2.11. The second-order valence-electron chi connectivity index (χ2n) is 3.47. The van der Waals surface area contributed by atoms with E-state index in [2.05, 4.69) is 5.16 Å². The van der Waals surface area contributed by atoms with Gasteiger partial charge in [-0.3, -0.25) is 0 Å². The lowest BCUT2D eigenvalue weighted by Crippen LogP contribution is -2.15. The highest BCUT2D eigenvalue weighted by molar-refractivity contribution is 7.99. The minimum Gasteiger partial charge on any atom is -0.392 e. The predicted molar refractivity (Wildman–Crippen MR) is 59.7 cm³/mol. The maximum Gasteiger partial charge on any atom is 0.162 e. The summed E-state index contributed by atoms with van der Waals surface area (Å²) in [6.07, 6.45) is -0.305. The summed E-state index contributed by atoms with van der Waals surface area (Å²) in [4.78, 5) is 0. The SMILES string of the molecule is COCc1cc(CSC(C)C(C)O)no1. The van der Waals surface area contributed by atoms with Crippen LogP contribution >= 0.6 is 11.8 Å². The molecule has 86 valence electrons. The fourth-order valence-corrected chi connectivity index (χ4v) is 1.84. The third kappa shape index (κ3) is 4.24. The Hall–Kier alpha value is -0.520. The van der Waals surface area contributed by atoms with Crippen LogP contribution in [0.4, 0.5) is 0 Å². The fraction of sp³-hybridized carbons (Fsp3) is 0.700. The van der Waals surface area contributed by atoms with Crippen molar-refractivity contribution in [3.05, 3.63) is 17.5 Å². The molecule has 0 fully saturated rings. The number of aliphatic hydroxyl groups is 1. The summed E-state index contributed by atoms with van der Waals surface area (Å²) < 4.78 is 9.97. The van der Waals surface area contributed by atoms with Crippen molar-refractivity contribution < 1.29 is 14.4 Å². The average molecular weight is 231 g/mol. The molecule has 0 bridgehead atoms. The second-order valence-corrected chi connectivity index (χ2v) is 4.84. The molecule has 0 spiro atoms. The van der Waals surface area contributed by atoms with Crippen molar-refractivity contribution in [1.82, 2.24) is 5.16 Å². The number of thioether (sulfide) groups is 1. The summed E-state index contributed by atoms with van der Waals surface area (Å²) in [5, 5.41) is 13.4. The van der Waals surface area contributed by atoms with Crippen LogP contribution in [0.15, 0.2) is 10.6 Å². The van der Waals surface area contributed by atoms with E-state index in [-0.39, 0.29) is 11.4 Å². The molecule has 5 heteroatoms. The van der Waals surface area contributed by atoms with E-state index in [4.69, 9.17) is 9.26 Å². The minimum atomic E-state index is -0.305. The number of rotatable bonds is 6. The first-order chi connectivity index (χ1) is 7.13. The van der Waals surface area contributed by atoms with Crippen LogP contribution in [0, 0.1) is 0 Å². The Morgan fingerprint density at radius 3 is 2.93 bits per heavy atom. The Labute approximate surface area is 94.0 Å². The lowest BCUT2D eigenvalue weighted by molar-refractivity contribution is 0.156. The number of hydrogen-bond acceptors (Lipinski definition) is 5. The smallest absolute Gasteiger partial charge is 0.162 e. The summed E-state index contributed by atoms with van der Waals surface area (Å²) in [5.74, 6) is 1.48. The van der Waals surface area contributed by atoms with Gasteiger partial charge in [-0.25, -0.2) is 0 Å². The summed E-state index contributed by atoms with van der Waals surface area (Å²) in [6.45, 7) is 4.23. The normalized spacial score (nSPS) is 15.2. The van der Waals surface area contributed by atoms with Gasteiger partial charge in [-0.2, -0.15) is 0 Å². The molecule has 4 nitrogen and oxygen atoms in total. The van der Waals surface area contributed by atoms with E-state index >= 15 is 0 Å². The Morgan fingerprint density at radius 2 is 2.33 bits per heavy atom. The van der Waals surface area contributed by atoms with E-state index < -0.39 is 0 Å². The Morgan fingerprint density at radius 1 is 1.60 bits per heavy atom. The average Bonchev–Trinajstić information content (AvgIpc) is 2.62. The van der Waals surface area contributed by atoms with E-state index in [0.29, 0.717) is 6.61 Å².